The maximum absolute atomic E-state index is 13.8. The number of fused-ring (bicyclic) bond motifs is 2. The largest absolute Gasteiger partial charge is 0.491 e. The van der Waals surface area contributed by atoms with E-state index in [0.29, 0.717) is 47.0 Å². The summed E-state index contributed by atoms with van der Waals surface area (Å²) in [5.41, 5.74) is 3.65. The Kier molecular flexibility index (Phi) is 6.32. The van der Waals surface area contributed by atoms with Gasteiger partial charge in [-0.3, -0.25) is 4.79 Å². The molecular weight excluding hydrogens is 524 g/mol. The van der Waals surface area contributed by atoms with Crippen LogP contribution in [-0.4, -0.2) is 58.8 Å². The summed E-state index contributed by atoms with van der Waals surface area (Å²) in [6, 6.07) is 8.46. The number of sulfone groups is 1. The zero-order chi connectivity index (χ0) is 27.6. The number of nitrogens with one attached hydrogen (secondary N) is 1. The third-order valence-corrected chi connectivity index (χ3v) is 10.8. The van der Waals surface area contributed by atoms with E-state index in [9.17, 15) is 22.0 Å². The predicted octanol–water partition coefficient (Wildman–Crippen LogP) is 5.14. The Balaban J connectivity index is 1.31. The standard InChI is InChI=1S/C29H35F2N3O4S/c1-3-39(36,37)22-4-5-23(24(16-22)34-10-7-28(2)17-20(28)18-34)27(35)32-21-14-19-6-13-38-26(19)25(15-21)33-11-8-29(30,31)9-12-33/h4-5,14-16,20H,3,6-13,17-18H2,1-2H3,(H,32,35). The van der Waals surface area contributed by atoms with Crippen molar-refractivity contribution in [1.82, 2.24) is 0 Å². The van der Waals surface area contributed by atoms with E-state index in [4.69, 9.17) is 4.74 Å². The van der Waals surface area contributed by atoms with E-state index in [1.165, 1.54) is 6.07 Å². The molecule has 6 rings (SSSR count). The van der Waals surface area contributed by atoms with E-state index in [1.54, 1.807) is 25.1 Å². The van der Waals surface area contributed by atoms with E-state index in [-0.39, 0.29) is 42.5 Å². The number of hydrogen-bond acceptors (Lipinski definition) is 6. The molecule has 2 aromatic rings. The van der Waals surface area contributed by atoms with E-state index in [1.807, 2.05) is 11.0 Å². The molecular formula is C29H35F2N3O4S. The van der Waals surface area contributed by atoms with Gasteiger partial charge in [-0.25, -0.2) is 17.2 Å². The number of carbonyl (C=O) groups excluding carboxylic acids is 1. The molecule has 0 aromatic heterocycles. The second kappa shape index (κ2) is 9.35. The van der Waals surface area contributed by atoms with Crippen molar-refractivity contribution in [1.29, 1.82) is 0 Å². The molecule has 3 aliphatic heterocycles. The Bertz CT molecular complexity index is 1420. The SMILES string of the molecule is CCS(=O)(=O)c1ccc(C(=O)Nc2cc3c(c(N4CCC(F)(F)CC4)c2)OCC3)c(N2CCC3(C)CC3C2)c1. The Morgan fingerprint density at radius 1 is 1.08 bits per heavy atom. The van der Waals surface area contributed by atoms with Gasteiger partial charge < -0.3 is 19.9 Å². The maximum atomic E-state index is 13.8. The third kappa shape index (κ3) is 4.96. The van der Waals surface area contributed by atoms with Gasteiger partial charge in [0.2, 0.25) is 0 Å². The summed E-state index contributed by atoms with van der Waals surface area (Å²) in [6.45, 7) is 6.41. The lowest BCUT2D eigenvalue weighted by atomic mass is 9.96. The quantitative estimate of drug-likeness (QED) is 0.528. The number of ether oxygens (including phenoxy) is 1. The number of halogens is 2. The maximum Gasteiger partial charge on any atom is 0.257 e. The predicted molar refractivity (Wildman–Crippen MR) is 147 cm³/mol. The summed E-state index contributed by atoms with van der Waals surface area (Å²) < 4.78 is 58.8. The molecule has 39 heavy (non-hydrogen) atoms. The van der Waals surface area contributed by atoms with Crippen molar-refractivity contribution in [3.63, 3.8) is 0 Å². The van der Waals surface area contributed by atoms with Gasteiger partial charge in [0.1, 0.15) is 5.75 Å². The van der Waals surface area contributed by atoms with Gasteiger partial charge in [0.15, 0.2) is 9.84 Å². The molecule has 3 fully saturated rings. The van der Waals surface area contributed by atoms with Crippen LogP contribution in [0.1, 0.15) is 55.5 Å². The normalized spacial score (nSPS) is 25.5. The highest BCUT2D eigenvalue weighted by Crippen LogP contribution is 2.58. The molecule has 0 spiro atoms. The Morgan fingerprint density at radius 3 is 2.54 bits per heavy atom. The minimum Gasteiger partial charge on any atom is -0.491 e. The molecule has 2 aromatic carbocycles. The van der Waals surface area contributed by atoms with E-state index < -0.39 is 15.8 Å². The number of anilines is 3. The smallest absolute Gasteiger partial charge is 0.257 e. The molecule has 2 unspecified atom stereocenters. The molecule has 210 valence electrons. The first-order valence-electron chi connectivity index (χ1n) is 13.8. The number of benzene rings is 2. The molecule has 1 saturated carbocycles. The van der Waals surface area contributed by atoms with Crippen LogP contribution < -0.4 is 19.9 Å². The number of hydrogen-bond donors (Lipinski definition) is 1. The van der Waals surface area contributed by atoms with Crippen LogP contribution in [0.15, 0.2) is 35.2 Å². The van der Waals surface area contributed by atoms with Gasteiger partial charge in [-0.1, -0.05) is 13.8 Å². The van der Waals surface area contributed by atoms with Gasteiger partial charge in [-0.05, 0) is 54.5 Å². The molecule has 2 atom stereocenters. The summed E-state index contributed by atoms with van der Waals surface area (Å²) in [6.07, 6.45) is 2.40. The van der Waals surface area contributed by atoms with E-state index in [2.05, 4.69) is 17.1 Å². The van der Waals surface area contributed by atoms with Gasteiger partial charge in [0, 0.05) is 56.7 Å². The van der Waals surface area contributed by atoms with Crippen molar-refractivity contribution in [2.75, 3.05) is 53.7 Å². The van der Waals surface area contributed by atoms with Gasteiger partial charge >= 0.3 is 0 Å². The first-order chi connectivity index (χ1) is 18.5. The van der Waals surface area contributed by atoms with Crippen molar-refractivity contribution >= 4 is 32.8 Å². The number of rotatable bonds is 6. The summed E-state index contributed by atoms with van der Waals surface area (Å²) >= 11 is 0. The highest BCUT2D eigenvalue weighted by atomic mass is 32.2. The zero-order valence-electron chi connectivity index (χ0n) is 22.4. The molecule has 0 radical (unpaired) electrons. The van der Waals surface area contributed by atoms with Crippen molar-refractivity contribution in [2.24, 2.45) is 11.3 Å². The number of alkyl halides is 2. The molecule has 1 N–H and O–H groups in total. The van der Waals surface area contributed by atoms with Crippen LogP contribution in [0.25, 0.3) is 0 Å². The Labute approximate surface area is 228 Å². The first kappa shape index (κ1) is 26.3. The van der Waals surface area contributed by atoms with Crippen LogP contribution in [0.5, 0.6) is 5.75 Å². The van der Waals surface area contributed by atoms with Crippen LogP contribution in [0.2, 0.25) is 0 Å². The van der Waals surface area contributed by atoms with Crippen molar-refractivity contribution in [2.45, 2.75) is 56.8 Å². The van der Waals surface area contributed by atoms with Crippen LogP contribution >= 0.6 is 0 Å². The van der Waals surface area contributed by atoms with Crippen LogP contribution in [-0.2, 0) is 16.3 Å². The summed E-state index contributed by atoms with van der Waals surface area (Å²) in [5.74, 6) is -1.75. The van der Waals surface area contributed by atoms with Gasteiger partial charge in [-0.15, -0.1) is 0 Å². The molecule has 2 saturated heterocycles. The number of piperidine rings is 2. The minimum absolute atomic E-state index is 0.0128. The lowest BCUT2D eigenvalue weighted by Gasteiger charge is -2.34. The molecule has 7 nitrogen and oxygen atoms in total. The highest BCUT2D eigenvalue weighted by molar-refractivity contribution is 7.91. The fourth-order valence-corrected chi connectivity index (χ4v) is 7.15. The Morgan fingerprint density at radius 2 is 1.82 bits per heavy atom. The molecule has 1 aliphatic carbocycles. The highest BCUT2D eigenvalue weighted by Gasteiger charge is 2.53. The van der Waals surface area contributed by atoms with Crippen LogP contribution in [0.3, 0.4) is 0 Å². The van der Waals surface area contributed by atoms with E-state index in [0.717, 1.165) is 37.2 Å². The first-order valence-corrected chi connectivity index (χ1v) is 15.5. The topological polar surface area (TPSA) is 79.0 Å². The monoisotopic (exact) mass is 559 g/mol. The van der Waals surface area contributed by atoms with Crippen LogP contribution in [0.4, 0.5) is 25.8 Å². The number of amides is 1. The third-order valence-electron chi connectivity index (χ3n) is 9.08. The molecule has 3 heterocycles. The molecule has 4 aliphatic rings. The van der Waals surface area contributed by atoms with Gasteiger partial charge in [0.25, 0.3) is 11.8 Å². The fourth-order valence-electron chi connectivity index (χ4n) is 6.25. The van der Waals surface area contributed by atoms with Crippen molar-refractivity contribution < 1.29 is 26.7 Å². The van der Waals surface area contributed by atoms with Crippen molar-refractivity contribution in [3.8, 4) is 5.75 Å². The van der Waals surface area contributed by atoms with Crippen molar-refractivity contribution in [3.05, 3.63) is 41.5 Å². The number of carbonyl (C=O) groups is 1. The summed E-state index contributed by atoms with van der Waals surface area (Å²) in [4.78, 5) is 18.0. The lowest BCUT2D eigenvalue weighted by molar-refractivity contribution is -0.0221. The van der Waals surface area contributed by atoms with E-state index >= 15 is 0 Å². The summed E-state index contributed by atoms with van der Waals surface area (Å²) in [5, 5.41) is 3.02. The second-order valence-corrected chi connectivity index (χ2v) is 14.0. The average Bonchev–Trinajstić information content (AvgIpc) is 3.36. The lowest BCUT2D eigenvalue weighted by Crippen LogP contribution is -2.39. The number of nitrogens with zero attached hydrogens (tertiary/aromatic N) is 2. The van der Waals surface area contributed by atoms with Gasteiger partial charge in [-0.2, -0.15) is 0 Å². The van der Waals surface area contributed by atoms with Crippen LogP contribution in [0, 0.1) is 11.3 Å². The zero-order valence-corrected chi connectivity index (χ0v) is 23.3. The second-order valence-electron chi connectivity index (χ2n) is 11.7. The Hall–Kier alpha value is -2.88. The fraction of sp³-hybridized carbons (Fsp3) is 0.552. The minimum atomic E-state index is -3.44. The average molecular weight is 560 g/mol. The molecule has 0 bridgehead atoms. The summed E-state index contributed by atoms with van der Waals surface area (Å²) in [7, 11) is -3.44. The van der Waals surface area contributed by atoms with Gasteiger partial charge in [0.05, 0.1) is 34.2 Å². The molecule has 10 heteroatoms. The molecule has 1 amide bonds.